The van der Waals surface area contributed by atoms with Crippen LogP contribution >= 0.6 is 0 Å². The van der Waals surface area contributed by atoms with Gasteiger partial charge >= 0.3 is 6.09 Å². The zero-order valence-electron chi connectivity index (χ0n) is 7.88. The summed E-state index contributed by atoms with van der Waals surface area (Å²) in [5.74, 6) is 0.696. The molecule has 1 amide bonds. The fourth-order valence-corrected chi connectivity index (χ4v) is 1.76. The Kier molecular flexibility index (Phi) is 4.60. The van der Waals surface area contributed by atoms with E-state index in [2.05, 4.69) is 10.6 Å². The van der Waals surface area contributed by atoms with E-state index in [0.29, 0.717) is 12.5 Å². The zero-order chi connectivity index (χ0) is 9.52. The van der Waals surface area contributed by atoms with Crippen molar-refractivity contribution in [2.75, 3.05) is 19.6 Å². The van der Waals surface area contributed by atoms with Crippen molar-refractivity contribution in [2.45, 2.75) is 25.7 Å². The van der Waals surface area contributed by atoms with Gasteiger partial charge in [0.15, 0.2) is 0 Å². The lowest BCUT2D eigenvalue weighted by Crippen LogP contribution is -2.24. The molecule has 13 heavy (non-hydrogen) atoms. The Balaban J connectivity index is 2.08. The second-order valence-corrected chi connectivity index (χ2v) is 3.57. The summed E-state index contributed by atoms with van der Waals surface area (Å²) >= 11 is 0. The first kappa shape index (κ1) is 10.3. The van der Waals surface area contributed by atoms with Gasteiger partial charge in [-0.3, -0.25) is 0 Å². The van der Waals surface area contributed by atoms with Gasteiger partial charge in [0.1, 0.15) is 0 Å². The summed E-state index contributed by atoms with van der Waals surface area (Å²) in [5, 5.41) is 14.1. The van der Waals surface area contributed by atoms with E-state index in [4.69, 9.17) is 5.11 Å². The Labute approximate surface area is 78.7 Å². The zero-order valence-corrected chi connectivity index (χ0v) is 7.88. The summed E-state index contributed by atoms with van der Waals surface area (Å²) in [5.41, 5.74) is 0. The van der Waals surface area contributed by atoms with Crippen molar-refractivity contribution < 1.29 is 9.90 Å². The number of hydrogen-bond donors (Lipinski definition) is 3. The first-order valence-corrected chi connectivity index (χ1v) is 4.96. The van der Waals surface area contributed by atoms with Crippen molar-refractivity contribution in [3.8, 4) is 0 Å². The molecule has 1 rings (SSSR count). The molecule has 4 nitrogen and oxygen atoms in total. The van der Waals surface area contributed by atoms with Crippen LogP contribution in [-0.2, 0) is 0 Å². The number of amides is 1. The quantitative estimate of drug-likeness (QED) is 0.617. The molecule has 1 unspecified atom stereocenters. The van der Waals surface area contributed by atoms with Gasteiger partial charge in [0, 0.05) is 6.54 Å². The standard InChI is InChI=1S/C9H18N2O2/c12-9(13)11-7-4-8-2-1-5-10-6-3-8/h8,10-11H,1-7H2,(H,12,13). The van der Waals surface area contributed by atoms with E-state index >= 15 is 0 Å². The highest BCUT2D eigenvalue weighted by molar-refractivity contribution is 5.64. The lowest BCUT2D eigenvalue weighted by molar-refractivity contribution is 0.193. The van der Waals surface area contributed by atoms with Gasteiger partial charge in [0.05, 0.1) is 0 Å². The minimum Gasteiger partial charge on any atom is -0.465 e. The van der Waals surface area contributed by atoms with Crippen LogP contribution in [0.4, 0.5) is 4.79 Å². The minimum atomic E-state index is -0.910. The third-order valence-electron chi connectivity index (χ3n) is 2.52. The van der Waals surface area contributed by atoms with Crippen LogP contribution in [0.5, 0.6) is 0 Å². The lowest BCUT2D eigenvalue weighted by atomic mass is 9.97. The second-order valence-electron chi connectivity index (χ2n) is 3.57. The largest absolute Gasteiger partial charge is 0.465 e. The summed E-state index contributed by atoms with van der Waals surface area (Å²) in [4.78, 5) is 10.2. The molecule has 0 radical (unpaired) electrons. The number of hydrogen-bond acceptors (Lipinski definition) is 2. The van der Waals surface area contributed by atoms with Crippen molar-refractivity contribution in [3.63, 3.8) is 0 Å². The molecule has 76 valence electrons. The minimum absolute atomic E-state index is 0.597. The maximum absolute atomic E-state index is 10.2. The van der Waals surface area contributed by atoms with E-state index < -0.39 is 6.09 Å². The third-order valence-corrected chi connectivity index (χ3v) is 2.52. The monoisotopic (exact) mass is 186 g/mol. The average molecular weight is 186 g/mol. The van der Waals surface area contributed by atoms with Gasteiger partial charge in [-0.25, -0.2) is 4.79 Å². The SMILES string of the molecule is O=C(O)NCCC1CCCNCC1. The summed E-state index contributed by atoms with van der Waals surface area (Å²) in [6.45, 7) is 2.79. The fraction of sp³-hybridized carbons (Fsp3) is 0.889. The Morgan fingerprint density at radius 3 is 3.08 bits per heavy atom. The molecule has 1 aliphatic heterocycles. The second kappa shape index (κ2) is 5.80. The number of rotatable bonds is 3. The Morgan fingerprint density at radius 2 is 2.31 bits per heavy atom. The molecule has 3 N–H and O–H groups in total. The molecule has 1 aliphatic rings. The van der Waals surface area contributed by atoms with E-state index in [1.165, 1.54) is 19.3 Å². The van der Waals surface area contributed by atoms with Crippen LogP contribution in [0.15, 0.2) is 0 Å². The fourth-order valence-electron chi connectivity index (χ4n) is 1.76. The van der Waals surface area contributed by atoms with Crippen LogP contribution in [-0.4, -0.2) is 30.8 Å². The highest BCUT2D eigenvalue weighted by atomic mass is 16.4. The lowest BCUT2D eigenvalue weighted by Gasteiger charge is -2.12. The molecule has 4 heteroatoms. The predicted octanol–water partition coefficient (Wildman–Crippen LogP) is 1.03. The molecular formula is C9H18N2O2. The van der Waals surface area contributed by atoms with E-state index in [-0.39, 0.29) is 0 Å². The number of carbonyl (C=O) groups is 1. The van der Waals surface area contributed by atoms with Crippen LogP contribution in [0.3, 0.4) is 0 Å². The maximum atomic E-state index is 10.2. The maximum Gasteiger partial charge on any atom is 0.404 e. The van der Waals surface area contributed by atoms with Crippen LogP contribution < -0.4 is 10.6 Å². The summed E-state index contributed by atoms with van der Waals surface area (Å²) in [6.07, 6.45) is 3.70. The molecule has 0 spiro atoms. The van der Waals surface area contributed by atoms with Crippen molar-refractivity contribution in [1.82, 2.24) is 10.6 Å². The smallest absolute Gasteiger partial charge is 0.404 e. The Bertz CT molecular complexity index is 154. The van der Waals surface area contributed by atoms with Crippen molar-refractivity contribution in [2.24, 2.45) is 5.92 Å². The normalized spacial score (nSPS) is 23.5. The average Bonchev–Trinajstić information content (AvgIpc) is 2.32. The van der Waals surface area contributed by atoms with Gasteiger partial charge in [-0.15, -0.1) is 0 Å². The molecule has 0 bridgehead atoms. The molecule has 1 heterocycles. The highest BCUT2D eigenvalue weighted by Crippen LogP contribution is 2.16. The Hall–Kier alpha value is -0.770. The van der Waals surface area contributed by atoms with E-state index in [9.17, 15) is 4.79 Å². The molecular weight excluding hydrogens is 168 g/mol. The first-order chi connectivity index (χ1) is 6.29. The summed E-state index contributed by atoms with van der Waals surface area (Å²) in [6, 6.07) is 0. The van der Waals surface area contributed by atoms with E-state index in [1.807, 2.05) is 0 Å². The van der Waals surface area contributed by atoms with Gasteiger partial charge in [0.2, 0.25) is 0 Å². The number of nitrogens with one attached hydrogen (secondary N) is 2. The third kappa shape index (κ3) is 4.72. The molecule has 1 saturated heterocycles. The molecule has 0 saturated carbocycles. The van der Waals surface area contributed by atoms with E-state index in [0.717, 1.165) is 19.5 Å². The van der Waals surface area contributed by atoms with E-state index in [1.54, 1.807) is 0 Å². The van der Waals surface area contributed by atoms with Gasteiger partial charge in [-0.1, -0.05) is 0 Å². The molecule has 1 atom stereocenters. The van der Waals surface area contributed by atoms with Crippen molar-refractivity contribution >= 4 is 6.09 Å². The number of carboxylic acid groups (broad SMARTS) is 1. The summed E-state index contributed by atoms with van der Waals surface area (Å²) < 4.78 is 0. The molecule has 0 aliphatic carbocycles. The topological polar surface area (TPSA) is 61.4 Å². The first-order valence-electron chi connectivity index (χ1n) is 4.96. The van der Waals surface area contributed by atoms with Crippen LogP contribution in [0, 0.1) is 5.92 Å². The van der Waals surface area contributed by atoms with Crippen LogP contribution in [0.25, 0.3) is 0 Å². The Morgan fingerprint density at radius 1 is 1.46 bits per heavy atom. The van der Waals surface area contributed by atoms with Gasteiger partial charge in [0.25, 0.3) is 0 Å². The van der Waals surface area contributed by atoms with Gasteiger partial charge in [-0.2, -0.15) is 0 Å². The van der Waals surface area contributed by atoms with Gasteiger partial charge < -0.3 is 15.7 Å². The summed E-state index contributed by atoms with van der Waals surface area (Å²) in [7, 11) is 0. The molecule has 0 aromatic carbocycles. The molecule has 1 fully saturated rings. The van der Waals surface area contributed by atoms with Crippen LogP contribution in [0.2, 0.25) is 0 Å². The predicted molar refractivity (Wildman–Crippen MR) is 50.9 cm³/mol. The highest BCUT2D eigenvalue weighted by Gasteiger charge is 2.11. The van der Waals surface area contributed by atoms with Crippen molar-refractivity contribution in [1.29, 1.82) is 0 Å². The molecule has 0 aromatic heterocycles. The van der Waals surface area contributed by atoms with Crippen LogP contribution in [0.1, 0.15) is 25.7 Å². The molecule has 0 aromatic rings. The van der Waals surface area contributed by atoms with Crippen molar-refractivity contribution in [3.05, 3.63) is 0 Å². The van der Waals surface area contributed by atoms with Gasteiger partial charge in [-0.05, 0) is 44.7 Å².